The highest BCUT2D eigenvalue weighted by Crippen LogP contribution is 2.25. The highest BCUT2D eigenvalue weighted by atomic mass is 16.5. The minimum absolute atomic E-state index is 0.0996. The molecule has 0 spiro atoms. The van der Waals surface area contributed by atoms with Gasteiger partial charge < -0.3 is 19.2 Å². The second-order valence-electron chi connectivity index (χ2n) is 4.75. The van der Waals surface area contributed by atoms with Crippen molar-refractivity contribution in [3.8, 4) is 0 Å². The third-order valence-electron chi connectivity index (χ3n) is 3.51. The van der Waals surface area contributed by atoms with E-state index >= 15 is 0 Å². The van der Waals surface area contributed by atoms with Crippen LogP contribution in [0.1, 0.15) is 48.0 Å². The number of rotatable bonds is 6. The number of carbonyl (C=O) groups excluding carboxylic acids is 1. The van der Waals surface area contributed by atoms with Gasteiger partial charge in [-0.05, 0) is 44.9 Å². The molecule has 2 atom stereocenters. The molecule has 0 amide bonds. The van der Waals surface area contributed by atoms with Crippen LogP contribution in [0.25, 0.3) is 0 Å². The monoisotopic (exact) mass is 267 g/mol. The van der Waals surface area contributed by atoms with Crippen LogP contribution in [0.3, 0.4) is 0 Å². The first-order valence-corrected chi connectivity index (χ1v) is 6.71. The second-order valence-corrected chi connectivity index (χ2v) is 4.75. The Kier molecular flexibility index (Phi) is 4.99. The number of esters is 1. The fourth-order valence-electron chi connectivity index (χ4n) is 2.40. The topological polar surface area (TPSA) is 60.7 Å². The molecule has 1 aliphatic heterocycles. The van der Waals surface area contributed by atoms with Crippen LogP contribution < -0.4 is 5.32 Å². The summed E-state index contributed by atoms with van der Waals surface area (Å²) in [5, 5.41) is 3.21. The minimum atomic E-state index is -0.444. The Morgan fingerprint density at radius 1 is 1.58 bits per heavy atom. The van der Waals surface area contributed by atoms with E-state index in [1.807, 2.05) is 13.1 Å². The van der Waals surface area contributed by atoms with Crippen molar-refractivity contribution >= 4 is 5.97 Å². The third kappa shape index (κ3) is 3.58. The Morgan fingerprint density at radius 3 is 3.05 bits per heavy atom. The normalized spacial score (nSPS) is 20.4. The van der Waals surface area contributed by atoms with Crippen LogP contribution >= 0.6 is 0 Å². The van der Waals surface area contributed by atoms with E-state index in [0.717, 1.165) is 38.1 Å². The third-order valence-corrected chi connectivity index (χ3v) is 3.51. The van der Waals surface area contributed by atoms with Gasteiger partial charge in [-0.3, -0.25) is 0 Å². The van der Waals surface area contributed by atoms with Crippen molar-refractivity contribution in [3.63, 3.8) is 0 Å². The molecule has 1 aliphatic rings. The van der Waals surface area contributed by atoms with Crippen molar-refractivity contribution in [3.05, 3.63) is 23.7 Å². The van der Waals surface area contributed by atoms with E-state index in [4.69, 9.17) is 9.15 Å². The molecule has 1 aromatic rings. The van der Waals surface area contributed by atoms with Crippen LogP contribution in [0, 0.1) is 0 Å². The quantitative estimate of drug-likeness (QED) is 0.801. The summed E-state index contributed by atoms with van der Waals surface area (Å²) in [5.41, 5.74) is 0. The summed E-state index contributed by atoms with van der Waals surface area (Å²) in [6.07, 6.45) is 4.59. The van der Waals surface area contributed by atoms with Gasteiger partial charge in [-0.2, -0.15) is 0 Å². The van der Waals surface area contributed by atoms with E-state index in [9.17, 15) is 4.79 Å². The lowest BCUT2D eigenvalue weighted by Crippen LogP contribution is -2.18. The zero-order chi connectivity index (χ0) is 13.7. The lowest BCUT2D eigenvalue weighted by molar-refractivity contribution is 0.0561. The van der Waals surface area contributed by atoms with Crippen LogP contribution in [0.15, 0.2) is 16.5 Å². The first-order chi connectivity index (χ1) is 9.24. The van der Waals surface area contributed by atoms with Gasteiger partial charge in [0.15, 0.2) is 0 Å². The molecule has 0 radical (unpaired) electrons. The Bertz CT molecular complexity index is 409. The summed E-state index contributed by atoms with van der Waals surface area (Å²) in [4.78, 5) is 11.3. The molecule has 0 aromatic carbocycles. The molecule has 1 saturated heterocycles. The van der Waals surface area contributed by atoms with Crippen LogP contribution in [0.4, 0.5) is 0 Å². The lowest BCUT2D eigenvalue weighted by Gasteiger charge is -2.16. The van der Waals surface area contributed by atoms with Crippen LogP contribution in [-0.4, -0.2) is 32.8 Å². The first-order valence-electron chi connectivity index (χ1n) is 6.71. The van der Waals surface area contributed by atoms with Gasteiger partial charge in [0, 0.05) is 6.61 Å². The van der Waals surface area contributed by atoms with Crippen molar-refractivity contribution < 1.29 is 18.7 Å². The number of methoxy groups -OCH3 is 1. The van der Waals surface area contributed by atoms with Crippen molar-refractivity contribution in [2.45, 2.75) is 37.8 Å². The molecular formula is C14H21NO4. The number of hydrogen-bond donors (Lipinski definition) is 1. The fourth-order valence-corrected chi connectivity index (χ4v) is 2.40. The Balaban J connectivity index is 1.92. The van der Waals surface area contributed by atoms with Gasteiger partial charge in [-0.15, -0.1) is 0 Å². The average molecular weight is 267 g/mol. The summed E-state index contributed by atoms with van der Waals surface area (Å²) in [6, 6.07) is 3.57. The van der Waals surface area contributed by atoms with Crippen LogP contribution in [0.2, 0.25) is 0 Å². The van der Waals surface area contributed by atoms with Gasteiger partial charge in [0.1, 0.15) is 5.76 Å². The molecule has 0 aliphatic carbocycles. The van der Waals surface area contributed by atoms with Crippen molar-refractivity contribution in [1.29, 1.82) is 0 Å². The summed E-state index contributed by atoms with van der Waals surface area (Å²) < 4.78 is 15.8. The largest absolute Gasteiger partial charge is 0.463 e. The minimum Gasteiger partial charge on any atom is -0.463 e. The summed E-state index contributed by atoms with van der Waals surface area (Å²) in [7, 11) is 3.23. The molecule has 5 heteroatoms. The number of carbonyl (C=O) groups is 1. The van der Waals surface area contributed by atoms with E-state index in [1.165, 1.54) is 7.11 Å². The van der Waals surface area contributed by atoms with E-state index < -0.39 is 5.97 Å². The average Bonchev–Trinajstić information content (AvgIpc) is 3.09. The molecule has 1 N–H and O–H groups in total. The van der Waals surface area contributed by atoms with Crippen LogP contribution in [-0.2, 0) is 9.47 Å². The van der Waals surface area contributed by atoms with E-state index in [2.05, 4.69) is 10.1 Å². The predicted molar refractivity (Wildman–Crippen MR) is 70.1 cm³/mol. The Hall–Kier alpha value is -1.33. The van der Waals surface area contributed by atoms with Gasteiger partial charge in [0.25, 0.3) is 0 Å². The molecule has 0 saturated carbocycles. The molecule has 0 bridgehead atoms. The molecule has 2 unspecified atom stereocenters. The fraction of sp³-hybridized carbons (Fsp3) is 0.643. The van der Waals surface area contributed by atoms with E-state index in [1.54, 1.807) is 6.07 Å². The Labute approximate surface area is 113 Å². The zero-order valence-electron chi connectivity index (χ0n) is 11.5. The maximum Gasteiger partial charge on any atom is 0.373 e. The summed E-state index contributed by atoms with van der Waals surface area (Å²) in [6.45, 7) is 0.877. The van der Waals surface area contributed by atoms with E-state index in [-0.39, 0.29) is 11.8 Å². The molecule has 2 heterocycles. The molecule has 1 fully saturated rings. The number of hydrogen-bond acceptors (Lipinski definition) is 5. The standard InChI is InChI=1S/C14H21NO4/c1-15-11(6-5-10-4-3-9-18-10)12-7-8-13(19-12)14(16)17-2/h7-8,10-11,15H,3-6,9H2,1-2H3. The number of ether oxygens (including phenoxy) is 2. The highest BCUT2D eigenvalue weighted by molar-refractivity contribution is 5.86. The molecule has 2 rings (SSSR count). The van der Waals surface area contributed by atoms with Crippen LogP contribution in [0.5, 0.6) is 0 Å². The number of furan rings is 1. The summed E-state index contributed by atoms with van der Waals surface area (Å²) >= 11 is 0. The molecule has 5 nitrogen and oxygen atoms in total. The van der Waals surface area contributed by atoms with Gasteiger partial charge in [-0.25, -0.2) is 4.79 Å². The van der Waals surface area contributed by atoms with Crippen molar-refractivity contribution in [1.82, 2.24) is 5.32 Å². The zero-order valence-corrected chi connectivity index (χ0v) is 11.5. The smallest absolute Gasteiger partial charge is 0.373 e. The lowest BCUT2D eigenvalue weighted by atomic mass is 10.0. The van der Waals surface area contributed by atoms with E-state index in [0.29, 0.717) is 6.10 Å². The van der Waals surface area contributed by atoms with Crippen molar-refractivity contribution in [2.24, 2.45) is 0 Å². The number of nitrogens with one attached hydrogen (secondary N) is 1. The highest BCUT2D eigenvalue weighted by Gasteiger charge is 2.21. The molecule has 19 heavy (non-hydrogen) atoms. The van der Waals surface area contributed by atoms with Gasteiger partial charge in [0.05, 0.1) is 19.3 Å². The second kappa shape index (κ2) is 6.73. The maximum atomic E-state index is 11.3. The molecule has 1 aromatic heterocycles. The van der Waals surface area contributed by atoms with Gasteiger partial charge >= 0.3 is 5.97 Å². The summed E-state index contributed by atoms with van der Waals surface area (Å²) in [5.74, 6) is 0.566. The predicted octanol–water partition coefficient (Wildman–Crippen LogP) is 2.29. The SMILES string of the molecule is CNC(CCC1CCCO1)c1ccc(C(=O)OC)o1. The first kappa shape index (κ1) is 14.1. The maximum absolute atomic E-state index is 11.3. The van der Waals surface area contributed by atoms with Crippen molar-refractivity contribution in [2.75, 3.05) is 20.8 Å². The molecular weight excluding hydrogens is 246 g/mol. The Morgan fingerprint density at radius 2 is 2.42 bits per heavy atom. The van der Waals surface area contributed by atoms with Gasteiger partial charge in [0.2, 0.25) is 5.76 Å². The van der Waals surface area contributed by atoms with Gasteiger partial charge in [-0.1, -0.05) is 0 Å². The molecule has 106 valence electrons.